The fourth-order valence-corrected chi connectivity index (χ4v) is 4.77. The van der Waals surface area contributed by atoms with Gasteiger partial charge in [-0.25, -0.2) is 0 Å². The number of carbonyl (C=O) groups excluding carboxylic acids is 1. The molecule has 0 saturated carbocycles. The average molecular weight is 321 g/mol. The van der Waals surface area contributed by atoms with Crippen molar-refractivity contribution in [3.05, 3.63) is 71.4 Å². The molecule has 0 bridgehead atoms. The number of carbonyl (C=O) groups is 1. The van der Waals surface area contributed by atoms with Crippen LogP contribution in [0.5, 0.6) is 0 Å². The van der Waals surface area contributed by atoms with Gasteiger partial charge in [0.05, 0.1) is 10.9 Å². The molecule has 0 aromatic heterocycles. The third-order valence-corrected chi connectivity index (χ3v) is 5.85. The highest BCUT2D eigenvalue weighted by atomic mass is 32.2. The molecule has 4 rings (SSSR count). The molecule has 116 valence electrons. The Labute approximate surface area is 141 Å². The number of hydrogen-bond acceptors (Lipinski definition) is 3. The number of nitrogens with one attached hydrogen (secondary N) is 1. The van der Waals surface area contributed by atoms with Gasteiger partial charge >= 0.3 is 0 Å². The molecule has 1 heterocycles. The van der Waals surface area contributed by atoms with Gasteiger partial charge in [0.25, 0.3) is 0 Å². The Morgan fingerprint density at radius 2 is 1.74 bits per heavy atom. The fraction of sp³-hybridized carbons (Fsp3) is 0.250. The summed E-state index contributed by atoms with van der Waals surface area (Å²) in [6.45, 7) is 2.16. The number of fused-ring (bicyclic) bond motifs is 1. The number of anilines is 1. The molecule has 3 heteroatoms. The number of allylic oxidation sites excluding steroid dienone is 1. The molecular weight excluding hydrogens is 302 g/mol. The van der Waals surface area contributed by atoms with Gasteiger partial charge in [-0.1, -0.05) is 49.4 Å². The minimum Gasteiger partial charge on any atom is -0.358 e. The Kier molecular flexibility index (Phi) is 3.74. The van der Waals surface area contributed by atoms with E-state index in [1.807, 2.05) is 12.1 Å². The monoisotopic (exact) mass is 321 g/mol. The minimum atomic E-state index is 0.0716. The summed E-state index contributed by atoms with van der Waals surface area (Å²) in [7, 11) is 0. The third-order valence-electron chi connectivity index (χ3n) is 4.49. The van der Waals surface area contributed by atoms with Gasteiger partial charge < -0.3 is 5.32 Å². The van der Waals surface area contributed by atoms with E-state index in [9.17, 15) is 4.79 Å². The first kappa shape index (κ1) is 14.6. The Morgan fingerprint density at radius 1 is 1.00 bits per heavy atom. The van der Waals surface area contributed by atoms with E-state index in [0.717, 1.165) is 23.4 Å². The Balaban J connectivity index is 1.88. The lowest BCUT2D eigenvalue weighted by molar-refractivity contribution is -0.116. The molecule has 2 aliphatic rings. The fourth-order valence-electron chi connectivity index (χ4n) is 3.43. The van der Waals surface area contributed by atoms with E-state index in [0.29, 0.717) is 18.1 Å². The van der Waals surface area contributed by atoms with Crippen LogP contribution in [0.15, 0.2) is 70.8 Å². The standard InChI is InChI=1S/C20H19NOS/c1-13-11-16-19(17(22)12-13)20(14-7-3-2-4-8-14)23-18-10-6-5-9-15(18)21-16/h2-10,13,20-21H,11-12H2,1H3/t13-,20+/m0/s1. The Morgan fingerprint density at radius 3 is 2.57 bits per heavy atom. The van der Waals surface area contributed by atoms with E-state index in [1.54, 1.807) is 11.8 Å². The topological polar surface area (TPSA) is 29.1 Å². The highest BCUT2D eigenvalue weighted by Gasteiger charge is 2.34. The van der Waals surface area contributed by atoms with Gasteiger partial charge in [0, 0.05) is 22.6 Å². The summed E-state index contributed by atoms with van der Waals surface area (Å²) in [5, 5.41) is 3.63. The zero-order chi connectivity index (χ0) is 15.8. The van der Waals surface area contributed by atoms with Crippen LogP contribution in [0.3, 0.4) is 0 Å². The molecule has 1 N–H and O–H groups in total. The summed E-state index contributed by atoms with van der Waals surface area (Å²) < 4.78 is 0. The summed E-state index contributed by atoms with van der Waals surface area (Å²) in [6.07, 6.45) is 1.60. The zero-order valence-electron chi connectivity index (χ0n) is 13.1. The molecule has 2 nitrogen and oxygen atoms in total. The van der Waals surface area contributed by atoms with Gasteiger partial charge in [0.15, 0.2) is 5.78 Å². The molecule has 1 aliphatic heterocycles. The summed E-state index contributed by atoms with van der Waals surface area (Å²) >= 11 is 1.78. The molecule has 2 atom stereocenters. The van der Waals surface area contributed by atoms with Crippen molar-refractivity contribution in [3.8, 4) is 0 Å². The first-order chi connectivity index (χ1) is 11.2. The van der Waals surface area contributed by atoms with E-state index in [1.165, 1.54) is 10.5 Å². The van der Waals surface area contributed by atoms with E-state index >= 15 is 0 Å². The predicted octanol–water partition coefficient (Wildman–Crippen LogP) is 5.20. The smallest absolute Gasteiger partial charge is 0.162 e. The number of ketones is 1. The van der Waals surface area contributed by atoms with Gasteiger partial charge in [-0.2, -0.15) is 0 Å². The van der Waals surface area contributed by atoms with E-state index in [2.05, 4.69) is 54.7 Å². The van der Waals surface area contributed by atoms with Crippen LogP contribution in [0.2, 0.25) is 0 Å². The number of rotatable bonds is 1. The predicted molar refractivity (Wildman–Crippen MR) is 95.5 cm³/mol. The molecule has 0 amide bonds. The molecule has 0 spiro atoms. The minimum absolute atomic E-state index is 0.0716. The number of para-hydroxylation sites is 1. The van der Waals surface area contributed by atoms with Crippen molar-refractivity contribution in [1.82, 2.24) is 0 Å². The Bertz CT molecular complexity index is 781. The molecule has 23 heavy (non-hydrogen) atoms. The van der Waals surface area contributed by atoms with Crippen molar-refractivity contribution in [3.63, 3.8) is 0 Å². The molecule has 1 aliphatic carbocycles. The van der Waals surface area contributed by atoms with Crippen LogP contribution in [0.25, 0.3) is 0 Å². The van der Waals surface area contributed by atoms with Gasteiger partial charge in [-0.05, 0) is 30.0 Å². The van der Waals surface area contributed by atoms with Gasteiger partial charge in [0.2, 0.25) is 0 Å². The highest BCUT2D eigenvalue weighted by molar-refractivity contribution is 8.00. The van der Waals surface area contributed by atoms with Crippen LogP contribution in [0.4, 0.5) is 5.69 Å². The van der Waals surface area contributed by atoms with Crippen LogP contribution in [0.1, 0.15) is 30.6 Å². The summed E-state index contributed by atoms with van der Waals surface area (Å²) in [4.78, 5) is 14.0. The van der Waals surface area contributed by atoms with E-state index in [-0.39, 0.29) is 5.25 Å². The number of thioether (sulfide) groups is 1. The lowest BCUT2D eigenvalue weighted by atomic mass is 9.84. The van der Waals surface area contributed by atoms with Gasteiger partial charge in [0.1, 0.15) is 0 Å². The molecule has 0 fully saturated rings. The highest BCUT2D eigenvalue weighted by Crippen LogP contribution is 2.49. The van der Waals surface area contributed by atoms with Crippen LogP contribution in [0, 0.1) is 5.92 Å². The van der Waals surface area contributed by atoms with Gasteiger partial charge in [-0.3, -0.25) is 4.79 Å². The largest absolute Gasteiger partial charge is 0.358 e. The summed E-state index contributed by atoms with van der Waals surface area (Å²) in [6, 6.07) is 18.7. The van der Waals surface area contributed by atoms with Crippen molar-refractivity contribution in [1.29, 1.82) is 0 Å². The number of Topliss-reactive ketones (excluding diaryl/α,β-unsaturated/α-hetero) is 1. The maximum Gasteiger partial charge on any atom is 0.162 e. The quantitative estimate of drug-likeness (QED) is 0.783. The van der Waals surface area contributed by atoms with E-state index in [4.69, 9.17) is 0 Å². The van der Waals surface area contributed by atoms with Crippen LogP contribution in [-0.2, 0) is 4.79 Å². The molecule has 2 aromatic rings. The molecule has 2 aromatic carbocycles. The molecule has 0 radical (unpaired) electrons. The SMILES string of the molecule is C[C@@H]1CC(=O)C2=C(C1)Nc1ccccc1S[C@@H]2c1ccccc1. The summed E-state index contributed by atoms with van der Waals surface area (Å²) in [5.74, 6) is 0.695. The Hall–Kier alpha value is -2.00. The van der Waals surface area contributed by atoms with Crippen molar-refractivity contribution in [2.75, 3.05) is 5.32 Å². The first-order valence-corrected chi connectivity index (χ1v) is 8.94. The van der Waals surface area contributed by atoms with Crippen molar-refractivity contribution < 1.29 is 4.79 Å². The first-order valence-electron chi connectivity index (χ1n) is 8.06. The average Bonchev–Trinajstić information content (AvgIpc) is 2.72. The summed E-state index contributed by atoms with van der Waals surface area (Å²) in [5.41, 5.74) is 4.40. The lowest BCUT2D eigenvalue weighted by Crippen LogP contribution is -2.23. The van der Waals surface area contributed by atoms with Crippen molar-refractivity contribution >= 4 is 23.2 Å². The van der Waals surface area contributed by atoms with Crippen LogP contribution in [-0.4, -0.2) is 5.78 Å². The van der Waals surface area contributed by atoms with Gasteiger partial charge in [-0.15, -0.1) is 11.8 Å². The second-order valence-corrected chi connectivity index (χ2v) is 7.51. The van der Waals surface area contributed by atoms with E-state index < -0.39 is 0 Å². The van der Waals surface area contributed by atoms with Crippen LogP contribution >= 0.6 is 11.8 Å². The maximum atomic E-state index is 12.8. The number of benzene rings is 2. The lowest BCUT2D eigenvalue weighted by Gasteiger charge is -2.27. The maximum absolute atomic E-state index is 12.8. The normalized spacial score (nSPS) is 23.6. The molecule has 0 saturated heterocycles. The molecule has 0 unspecified atom stereocenters. The zero-order valence-corrected chi connectivity index (χ0v) is 13.9. The van der Waals surface area contributed by atoms with Crippen LogP contribution < -0.4 is 5.32 Å². The van der Waals surface area contributed by atoms with Crippen molar-refractivity contribution in [2.45, 2.75) is 29.9 Å². The third kappa shape index (κ3) is 2.70. The van der Waals surface area contributed by atoms with Crippen molar-refractivity contribution in [2.24, 2.45) is 5.92 Å². The molecular formula is C20H19NOS. The number of hydrogen-bond donors (Lipinski definition) is 1. The second-order valence-electron chi connectivity index (χ2n) is 6.36. The second kappa shape index (κ2) is 5.89.